The number of aliphatic hydroxyl groups is 1. The normalized spacial score (nSPS) is 10.4. The summed E-state index contributed by atoms with van der Waals surface area (Å²) in [6.45, 7) is 9.20. The van der Waals surface area contributed by atoms with Gasteiger partial charge in [0.05, 0.1) is 0 Å². The molecule has 0 spiro atoms. The molecule has 0 saturated heterocycles. The Morgan fingerprint density at radius 1 is 1.32 bits per heavy atom. The van der Waals surface area contributed by atoms with Gasteiger partial charge in [-0.25, -0.2) is 0 Å². The standard InChI is InChI=1S/C10H12O.C7H12ClN2O/c1-3-9-4-6-10(7-5-9)8(2)11;1-5(2)6(8)7(9-3)10(4)11/h4-7,11H,2-3H2,1H3;1-4H3/q;+1. The van der Waals surface area contributed by atoms with Crippen LogP contribution in [0.25, 0.3) is 5.76 Å². The van der Waals surface area contributed by atoms with Crippen molar-refractivity contribution in [3.63, 3.8) is 0 Å². The molecule has 0 aromatic heterocycles. The lowest BCUT2D eigenvalue weighted by Crippen LogP contribution is -2.14. The Labute approximate surface area is 137 Å². The molecule has 0 fully saturated rings. The van der Waals surface area contributed by atoms with Crippen molar-refractivity contribution in [1.82, 2.24) is 0 Å². The SMILES string of the molecule is C=C(O)c1ccc(CC)cc1.CN=C(C(Cl)=C(C)C)[N+](C)=O. The Hall–Kier alpha value is -1.94. The second-order valence-corrected chi connectivity index (χ2v) is 5.23. The van der Waals surface area contributed by atoms with Gasteiger partial charge >= 0.3 is 5.84 Å². The molecule has 0 aliphatic carbocycles. The molecular weight excluding hydrogens is 300 g/mol. The van der Waals surface area contributed by atoms with Crippen LogP contribution in [0.2, 0.25) is 0 Å². The summed E-state index contributed by atoms with van der Waals surface area (Å²) in [4.78, 5) is 14.5. The molecule has 0 aliphatic heterocycles. The fraction of sp³-hybridized carbons (Fsp3) is 0.353. The molecule has 0 aliphatic rings. The van der Waals surface area contributed by atoms with Crippen molar-refractivity contribution >= 4 is 23.2 Å². The van der Waals surface area contributed by atoms with Crippen molar-refractivity contribution in [2.45, 2.75) is 27.2 Å². The number of nitrogens with zero attached hydrogens (tertiary/aromatic N) is 2. The van der Waals surface area contributed by atoms with Gasteiger partial charge in [0.2, 0.25) is 0 Å². The molecule has 0 bridgehead atoms. The summed E-state index contributed by atoms with van der Waals surface area (Å²) in [5.74, 6) is 0.402. The molecular formula is C17H24ClN2O2+. The Bertz CT molecular complexity index is 583. The van der Waals surface area contributed by atoms with Crippen molar-refractivity contribution < 1.29 is 9.87 Å². The van der Waals surface area contributed by atoms with Gasteiger partial charge in [-0.15, -0.1) is 0 Å². The smallest absolute Gasteiger partial charge is 0.373 e. The third-order valence-corrected chi connectivity index (χ3v) is 3.39. The van der Waals surface area contributed by atoms with Crippen LogP contribution >= 0.6 is 11.6 Å². The minimum atomic E-state index is 0.132. The van der Waals surface area contributed by atoms with Crippen LogP contribution in [0, 0.1) is 4.91 Å². The lowest BCUT2D eigenvalue weighted by Gasteiger charge is -1.99. The third-order valence-electron chi connectivity index (χ3n) is 2.84. The number of likely N-dealkylation sites (N-methyl/N-ethyl adjacent to an activating group) is 1. The van der Waals surface area contributed by atoms with Crippen LogP contribution in [0.4, 0.5) is 0 Å². The van der Waals surface area contributed by atoms with E-state index in [0.717, 1.165) is 17.6 Å². The van der Waals surface area contributed by atoms with E-state index in [-0.39, 0.29) is 11.6 Å². The van der Waals surface area contributed by atoms with Gasteiger partial charge in [0, 0.05) is 5.56 Å². The molecule has 0 radical (unpaired) electrons. The highest BCUT2D eigenvalue weighted by atomic mass is 35.5. The number of hydrogen-bond donors (Lipinski definition) is 1. The largest absolute Gasteiger partial charge is 0.508 e. The van der Waals surface area contributed by atoms with E-state index in [1.165, 1.54) is 19.7 Å². The number of nitroso groups, excluding NO2 is 1. The molecule has 120 valence electrons. The highest BCUT2D eigenvalue weighted by molar-refractivity contribution is 6.42. The van der Waals surface area contributed by atoms with Crippen LogP contribution < -0.4 is 0 Å². The molecule has 1 aromatic rings. The Morgan fingerprint density at radius 3 is 2.05 bits per heavy atom. The van der Waals surface area contributed by atoms with E-state index in [1.807, 2.05) is 38.1 Å². The average molecular weight is 324 g/mol. The number of amidine groups is 1. The molecule has 5 heteroatoms. The quantitative estimate of drug-likeness (QED) is 0.378. The van der Waals surface area contributed by atoms with Gasteiger partial charge in [-0.05, 0) is 36.2 Å². The van der Waals surface area contributed by atoms with Crippen LogP contribution in [-0.2, 0) is 6.42 Å². The third kappa shape index (κ3) is 6.68. The molecule has 0 heterocycles. The van der Waals surface area contributed by atoms with Gasteiger partial charge in [0.1, 0.15) is 24.9 Å². The maximum atomic E-state index is 10.8. The van der Waals surface area contributed by atoms with Gasteiger partial charge in [0.25, 0.3) is 0 Å². The molecule has 0 amide bonds. The zero-order chi connectivity index (χ0) is 17.3. The number of benzene rings is 1. The number of aryl methyl sites for hydroxylation is 1. The molecule has 4 nitrogen and oxygen atoms in total. The number of aliphatic hydroxyl groups excluding tert-OH is 1. The topological polar surface area (TPSA) is 52.7 Å². The van der Waals surface area contributed by atoms with E-state index < -0.39 is 0 Å². The van der Waals surface area contributed by atoms with Crippen LogP contribution in [0.3, 0.4) is 0 Å². The van der Waals surface area contributed by atoms with E-state index in [1.54, 1.807) is 0 Å². The van der Waals surface area contributed by atoms with Crippen LogP contribution in [0.5, 0.6) is 0 Å². The summed E-state index contributed by atoms with van der Waals surface area (Å²) in [5.41, 5.74) is 2.95. The average Bonchev–Trinajstić information content (AvgIpc) is 2.48. The van der Waals surface area contributed by atoms with Crippen molar-refractivity contribution in [2.75, 3.05) is 14.1 Å². The van der Waals surface area contributed by atoms with E-state index in [4.69, 9.17) is 16.7 Å². The first-order chi connectivity index (χ1) is 10.2. The van der Waals surface area contributed by atoms with E-state index in [0.29, 0.717) is 9.79 Å². The van der Waals surface area contributed by atoms with Gasteiger partial charge in [0.15, 0.2) is 0 Å². The molecule has 0 saturated carbocycles. The number of allylic oxidation sites excluding steroid dienone is 1. The summed E-state index contributed by atoms with van der Waals surface area (Å²) >= 11 is 5.78. The maximum Gasteiger partial charge on any atom is 0.373 e. The van der Waals surface area contributed by atoms with Crippen LogP contribution in [0.15, 0.2) is 46.4 Å². The Morgan fingerprint density at radius 2 is 1.82 bits per heavy atom. The highest BCUT2D eigenvalue weighted by Crippen LogP contribution is 2.11. The minimum absolute atomic E-state index is 0.132. The van der Waals surface area contributed by atoms with Gasteiger partial charge in [-0.1, -0.05) is 59.3 Å². The zero-order valence-corrected chi connectivity index (χ0v) is 14.6. The fourth-order valence-electron chi connectivity index (χ4n) is 1.53. The van der Waals surface area contributed by atoms with E-state index >= 15 is 0 Å². The molecule has 22 heavy (non-hydrogen) atoms. The lowest BCUT2D eigenvalue weighted by atomic mass is 10.1. The van der Waals surface area contributed by atoms with Gasteiger partial charge < -0.3 is 5.11 Å². The summed E-state index contributed by atoms with van der Waals surface area (Å²) < 4.78 is 0.648. The first kappa shape index (κ1) is 20.1. The minimum Gasteiger partial charge on any atom is -0.508 e. The number of hydrogen-bond acceptors (Lipinski definition) is 3. The van der Waals surface area contributed by atoms with E-state index in [9.17, 15) is 4.91 Å². The fourth-order valence-corrected chi connectivity index (χ4v) is 1.74. The first-order valence-corrected chi connectivity index (χ1v) is 7.30. The number of halogens is 1. The molecule has 1 N–H and O–H groups in total. The molecule has 0 atom stereocenters. The monoisotopic (exact) mass is 323 g/mol. The molecule has 0 unspecified atom stereocenters. The second-order valence-electron chi connectivity index (χ2n) is 4.86. The highest BCUT2D eigenvalue weighted by Gasteiger charge is 2.17. The summed E-state index contributed by atoms with van der Waals surface area (Å²) in [5, 5.41) is 9.41. The van der Waals surface area contributed by atoms with Crippen molar-refractivity contribution in [3.8, 4) is 0 Å². The summed E-state index contributed by atoms with van der Waals surface area (Å²) in [6.07, 6.45) is 1.03. The second kappa shape index (κ2) is 9.90. The van der Waals surface area contributed by atoms with Crippen molar-refractivity contribution in [3.05, 3.63) is 57.5 Å². The predicted octanol–water partition coefficient (Wildman–Crippen LogP) is 4.73. The van der Waals surface area contributed by atoms with Crippen LogP contribution in [-0.4, -0.2) is 29.8 Å². The number of rotatable bonds is 3. The maximum absolute atomic E-state index is 10.8. The Balaban J connectivity index is 0.000000401. The lowest BCUT2D eigenvalue weighted by molar-refractivity contribution is -0.393. The van der Waals surface area contributed by atoms with E-state index in [2.05, 4.69) is 18.5 Å². The van der Waals surface area contributed by atoms with Crippen molar-refractivity contribution in [2.24, 2.45) is 4.99 Å². The van der Waals surface area contributed by atoms with Gasteiger partial charge in [-0.3, -0.25) is 0 Å². The van der Waals surface area contributed by atoms with Gasteiger partial charge in [-0.2, -0.15) is 0 Å². The predicted molar refractivity (Wildman–Crippen MR) is 94.6 cm³/mol. The Kier molecular flexibility index (Phi) is 9.03. The van der Waals surface area contributed by atoms with Crippen molar-refractivity contribution in [1.29, 1.82) is 0 Å². The molecule has 1 rings (SSSR count). The first-order valence-electron chi connectivity index (χ1n) is 6.92. The zero-order valence-electron chi connectivity index (χ0n) is 13.9. The van der Waals surface area contributed by atoms with Crippen LogP contribution in [0.1, 0.15) is 31.9 Å². The number of aliphatic imine (C=N–C) groups is 1. The molecule has 1 aromatic carbocycles. The summed E-state index contributed by atoms with van der Waals surface area (Å²) in [6, 6.07) is 7.75. The summed E-state index contributed by atoms with van der Waals surface area (Å²) in [7, 11) is 2.91.